The summed E-state index contributed by atoms with van der Waals surface area (Å²) in [5.41, 5.74) is 1.97. The third kappa shape index (κ3) is 5.12. The van der Waals surface area contributed by atoms with Gasteiger partial charge in [-0.1, -0.05) is 36.4 Å². The van der Waals surface area contributed by atoms with Gasteiger partial charge >= 0.3 is 0 Å². The lowest BCUT2D eigenvalue weighted by atomic mass is 9.90. The summed E-state index contributed by atoms with van der Waals surface area (Å²) in [5, 5.41) is 2.84. The van der Waals surface area contributed by atoms with Crippen LogP contribution in [0.25, 0.3) is 11.1 Å². The first-order valence-electron chi connectivity index (χ1n) is 10.7. The average molecular weight is 444 g/mol. The second-order valence-electron chi connectivity index (χ2n) is 7.77. The van der Waals surface area contributed by atoms with E-state index in [9.17, 15) is 9.59 Å². The summed E-state index contributed by atoms with van der Waals surface area (Å²) in [4.78, 5) is 40.1. The van der Waals surface area contributed by atoms with Gasteiger partial charge in [0.1, 0.15) is 5.69 Å². The molecule has 1 aliphatic rings. The molecule has 0 spiro atoms. The number of benzene rings is 1. The van der Waals surface area contributed by atoms with Gasteiger partial charge in [0.05, 0.1) is 19.3 Å². The SMILES string of the molecule is C=CCNC(=O)[C@@]1(Cc2ccc(-c3cccnc3)cc2)CN(C(=O)c2cnccn2)CCO1. The van der Waals surface area contributed by atoms with Crippen molar-refractivity contribution in [1.29, 1.82) is 0 Å². The molecule has 8 heteroatoms. The van der Waals surface area contributed by atoms with E-state index in [1.54, 1.807) is 23.4 Å². The van der Waals surface area contributed by atoms with Gasteiger partial charge in [0, 0.05) is 44.3 Å². The molecule has 2 amide bonds. The van der Waals surface area contributed by atoms with Gasteiger partial charge in [-0.25, -0.2) is 4.98 Å². The Bertz CT molecular complexity index is 1110. The van der Waals surface area contributed by atoms with E-state index in [2.05, 4.69) is 26.8 Å². The van der Waals surface area contributed by atoms with Crippen LogP contribution in [0, 0.1) is 0 Å². The molecule has 1 atom stereocenters. The number of hydrogen-bond donors (Lipinski definition) is 1. The number of morpholine rings is 1. The van der Waals surface area contributed by atoms with Crippen LogP contribution in [0.4, 0.5) is 0 Å². The van der Waals surface area contributed by atoms with E-state index >= 15 is 0 Å². The van der Waals surface area contributed by atoms with Gasteiger partial charge in [0.25, 0.3) is 11.8 Å². The minimum atomic E-state index is -1.23. The number of aromatic nitrogens is 3. The second-order valence-corrected chi connectivity index (χ2v) is 7.77. The zero-order valence-electron chi connectivity index (χ0n) is 18.2. The molecule has 3 heterocycles. The summed E-state index contributed by atoms with van der Waals surface area (Å²) >= 11 is 0. The Labute approximate surface area is 192 Å². The van der Waals surface area contributed by atoms with Gasteiger partial charge < -0.3 is 15.0 Å². The summed E-state index contributed by atoms with van der Waals surface area (Å²) in [6.45, 7) is 4.68. The minimum absolute atomic E-state index is 0.107. The number of nitrogens with zero attached hydrogens (tertiary/aromatic N) is 4. The van der Waals surface area contributed by atoms with E-state index in [1.807, 2.05) is 36.4 Å². The highest BCUT2D eigenvalue weighted by atomic mass is 16.5. The first-order valence-corrected chi connectivity index (χ1v) is 10.7. The lowest BCUT2D eigenvalue weighted by molar-refractivity contribution is -0.157. The molecule has 1 N–H and O–H groups in total. The summed E-state index contributed by atoms with van der Waals surface area (Å²) in [6, 6.07) is 11.8. The van der Waals surface area contributed by atoms with Crippen LogP contribution >= 0.6 is 0 Å². The van der Waals surface area contributed by atoms with E-state index < -0.39 is 5.60 Å². The molecule has 1 aromatic carbocycles. The van der Waals surface area contributed by atoms with Crippen LogP contribution in [0.15, 0.2) is 80.0 Å². The van der Waals surface area contributed by atoms with Crippen molar-refractivity contribution >= 4 is 11.8 Å². The third-order valence-electron chi connectivity index (χ3n) is 5.51. The van der Waals surface area contributed by atoms with Crippen LogP contribution in [-0.4, -0.2) is 63.5 Å². The van der Waals surface area contributed by atoms with E-state index in [0.29, 0.717) is 19.5 Å². The number of amides is 2. The molecule has 8 nitrogen and oxygen atoms in total. The van der Waals surface area contributed by atoms with Crippen molar-refractivity contribution in [1.82, 2.24) is 25.2 Å². The van der Waals surface area contributed by atoms with Crippen LogP contribution in [-0.2, 0) is 16.0 Å². The highest BCUT2D eigenvalue weighted by Crippen LogP contribution is 2.26. The van der Waals surface area contributed by atoms with Crippen molar-refractivity contribution in [3.63, 3.8) is 0 Å². The Morgan fingerprint density at radius 3 is 2.61 bits per heavy atom. The van der Waals surface area contributed by atoms with Crippen molar-refractivity contribution in [2.75, 3.05) is 26.2 Å². The van der Waals surface area contributed by atoms with Crippen molar-refractivity contribution in [3.05, 3.63) is 91.3 Å². The van der Waals surface area contributed by atoms with Crippen LogP contribution < -0.4 is 5.32 Å². The van der Waals surface area contributed by atoms with E-state index in [-0.39, 0.29) is 30.7 Å². The molecule has 0 bridgehead atoms. The molecule has 1 saturated heterocycles. The largest absolute Gasteiger partial charge is 0.361 e. The molecule has 33 heavy (non-hydrogen) atoms. The van der Waals surface area contributed by atoms with Gasteiger partial charge in [-0.05, 0) is 22.8 Å². The Morgan fingerprint density at radius 1 is 1.09 bits per heavy atom. The number of pyridine rings is 1. The molecule has 3 aromatic rings. The fraction of sp³-hybridized carbons (Fsp3) is 0.240. The zero-order valence-corrected chi connectivity index (χ0v) is 18.2. The number of ether oxygens (including phenoxy) is 1. The predicted octanol–water partition coefficient (Wildman–Crippen LogP) is 2.29. The van der Waals surface area contributed by atoms with E-state index in [1.165, 1.54) is 18.6 Å². The van der Waals surface area contributed by atoms with Crippen LogP contribution in [0.1, 0.15) is 16.1 Å². The number of rotatable bonds is 7. The van der Waals surface area contributed by atoms with Crippen molar-refractivity contribution in [3.8, 4) is 11.1 Å². The fourth-order valence-electron chi connectivity index (χ4n) is 3.86. The Hall–Kier alpha value is -3.91. The quantitative estimate of drug-likeness (QED) is 0.563. The van der Waals surface area contributed by atoms with Crippen molar-refractivity contribution < 1.29 is 14.3 Å². The topological polar surface area (TPSA) is 97.3 Å². The summed E-state index contributed by atoms with van der Waals surface area (Å²) < 4.78 is 6.07. The highest BCUT2D eigenvalue weighted by molar-refractivity contribution is 5.93. The van der Waals surface area contributed by atoms with Crippen molar-refractivity contribution in [2.45, 2.75) is 12.0 Å². The van der Waals surface area contributed by atoms with Gasteiger partial charge in [-0.3, -0.25) is 19.6 Å². The number of hydrogen-bond acceptors (Lipinski definition) is 6. The second kappa shape index (κ2) is 10.1. The number of nitrogens with one attached hydrogen (secondary N) is 1. The lowest BCUT2D eigenvalue weighted by Gasteiger charge is -2.41. The normalized spacial score (nSPS) is 17.9. The maximum absolute atomic E-state index is 13.2. The molecule has 0 radical (unpaired) electrons. The van der Waals surface area contributed by atoms with Crippen LogP contribution in [0.2, 0.25) is 0 Å². The maximum Gasteiger partial charge on any atom is 0.274 e. The molecule has 0 unspecified atom stereocenters. The molecule has 0 aliphatic carbocycles. The molecule has 168 valence electrons. The highest BCUT2D eigenvalue weighted by Gasteiger charge is 2.45. The molecule has 4 rings (SSSR count). The minimum Gasteiger partial charge on any atom is -0.361 e. The molecule has 2 aromatic heterocycles. The van der Waals surface area contributed by atoms with E-state index in [4.69, 9.17) is 4.74 Å². The molecule has 1 fully saturated rings. The molecule has 1 aliphatic heterocycles. The van der Waals surface area contributed by atoms with Gasteiger partial charge in [0.2, 0.25) is 0 Å². The standard InChI is InChI=1S/C25H25N5O3/c1-2-9-29-24(32)25(15-19-5-7-20(8-6-19)21-4-3-10-26-16-21)18-30(13-14-33-25)23(31)22-17-27-11-12-28-22/h2-8,10-12,16-17H,1,9,13-15,18H2,(H,29,32)/t25-/m1/s1. The van der Waals surface area contributed by atoms with Gasteiger partial charge in [-0.15, -0.1) is 6.58 Å². The monoisotopic (exact) mass is 443 g/mol. The molecular formula is C25H25N5O3. The number of carbonyl (C=O) groups excluding carboxylic acids is 2. The van der Waals surface area contributed by atoms with Crippen LogP contribution in [0.5, 0.6) is 0 Å². The molecular weight excluding hydrogens is 418 g/mol. The Kier molecular flexibility index (Phi) is 6.85. The summed E-state index contributed by atoms with van der Waals surface area (Å²) in [6.07, 6.45) is 9.87. The van der Waals surface area contributed by atoms with Gasteiger partial charge in [-0.2, -0.15) is 0 Å². The lowest BCUT2D eigenvalue weighted by Crippen LogP contribution is -2.62. The van der Waals surface area contributed by atoms with Crippen molar-refractivity contribution in [2.24, 2.45) is 0 Å². The molecule has 0 saturated carbocycles. The Balaban J connectivity index is 1.58. The fourth-order valence-corrected chi connectivity index (χ4v) is 3.86. The first kappa shape index (κ1) is 22.3. The maximum atomic E-state index is 13.2. The first-order chi connectivity index (χ1) is 16.1. The third-order valence-corrected chi connectivity index (χ3v) is 5.51. The predicted molar refractivity (Wildman–Crippen MR) is 123 cm³/mol. The Morgan fingerprint density at radius 2 is 1.91 bits per heavy atom. The smallest absolute Gasteiger partial charge is 0.274 e. The zero-order chi connectivity index (χ0) is 23.1. The number of carbonyl (C=O) groups is 2. The summed E-state index contributed by atoms with van der Waals surface area (Å²) in [7, 11) is 0. The average Bonchev–Trinajstić information content (AvgIpc) is 2.88. The summed E-state index contributed by atoms with van der Waals surface area (Å²) in [5.74, 6) is -0.561. The van der Waals surface area contributed by atoms with Crippen LogP contribution in [0.3, 0.4) is 0 Å². The van der Waals surface area contributed by atoms with Gasteiger partial charge in [0.15, 0.2) is 5.60 Å². The van der Waals surface area contributed by atoms with E-state index in [0.717, 1.165) is 16.7 Å².